The van der Waals surface area contributed by atoms with E-state index in [1.165, 1.54) is 12.3 Å². The molecule has 0 fully saturated rings. The molecule has 78 valence electrons. The predicted octanol–water partition coefficient (Wildman–Crippen LogP) is 2.40. The van der Waals surface area contributed by atoms with E-state index in [0.29, 0.717) is 4.47 Å². The van der Waals surface area contributed by atoms with Crippen LogP contribution in [0.5, 0.6) is 0 Å². The number of alkyl halides is 3. The number of rotatable bonds is 2. The van der Waals surface area contributed by atoms with Crippen molar-refractivity contribution in [1.82, 2.24) is 4.98 Å². The highest BCUT2D eigenvalue weighted by atomic mass is 79.9. The summed E-state index contributed by atoms with van der Waals surface area (Å²) < 4.78 is 36.1. The molecule has 0 aliphatic heterocycles. The summed E-state index contributed by atoms with van der Waals surface area (Å²) in [5.41, 5.74) is 5.60. The molecule has 0 saturated carbocycles. The van der Waals surface area contributed by atoms with Crippen molar-refractivity contribution in [3.8, 4) is 0 Å². The number of nitrogens with one attached hydrogen (secondary N) is 1. The Hall–Kier alpha value is -0.980. The van der Waals surface area contributed by atoms with Crippen LogP contribution in [-0.4, -0.2) is 17.7 Å². The summed E-state index contributed by atoms with van der Waals surface area (Å²) >= 11 is 3.09. The number of hydrogen-bond acceptors (Lipinski definition) is 3. The minimum absolute atomic E-state index is 0.0329. The van der Waals surface area contributed by atoms with Gasteiger partial charge >= 0.3 is 6.18 Å². The van der Waals surface area contributed by atoms with Crippen LogP contribution in [0.25, 0.3) is 0 Å². The standard InChI is InChI=1S/C7H7BrF3N3/c8-4-1-5(12)6(13-2-4)14-3-7(9,10)11/h1-2H,3,12H2,(H,13,14). The number of anilines is 2. The number of halogens is 4. The molecule has 1 rings (SSSR count). The maximum Gasteiger partial charge on any atom is 0.405 e. The summed E-state index contributed by atoms with van der Waals surface area (Å²) in [6.07, 6.45) is -2.91. The van der Waals surface area contributed by atoms with E-state index in [4.69, 9.17) is 5.73 Å². The Bertz CT molecular complexity index is 326. The molecule has 1 aromatic rings. The average molecular weight is 270 g/mol. The third-order valence-corrected chi connectivity index (χ3v) is 1.77. The Balaban J connectivity index is 2.68. The smallest absolute Gasteiger partial charge is 0.396 e. The normalized spacial score (nSPS) is 11.4. The van der Waals surface area contributed by atoms with Crippen molar-refractivity contribution >= 4 is 27.4 Å². The monoisotopic (exact) mass is 269 g/mol. The highest BCUT2D eigenvalue weighted by molar-refractivity contribution is 9.10. The van der Waals surface area contributed by atoms with Gasteiger partial charge in [0.1, 0.15) is 12.4 Å². The van der Waals surface area contributed by atoms with E-state index in [2.05, 4.69) is 26.2 Å². The van der Waals surface area contributed by atoms with Crippen molar-refractivity contribution in [2.24, 2.45) is 0 Å². The van der Waals surface area contributed by atoms with Gasteiger partial charge in [0.2, 0.25) is 0 Å². The number of hydrogen-bond donors (Lipinski definition) is 2. The number of nitrogens with two attached hydrogens (primary N) is 1. The van der Waals surface area contributed by atoms with Crippen LogP contribution in [0.2, 0.25) is 0 Å². The molecule has 7 heteroatoms. The summed E-state index contributed by atoms with van der Waals surface area (Å²) in [4.78, 5) is 3.70. The lowest BCUT2D eigenvalue weighted by atomic mass is 10.4. The second kappa shape index (κ2) is 4.04. The lowest BCUT2D eigenvalue weighted by Gasteiger charge is -2.10. The van der Waals surface area contributed by atoms with Gasteiger partial charge in [-0.15, -0.1) is 0 Å². The molecule has 3 nitrogen and oxygen atoms in total. The third-order valence-electron chi connectivity index (χ3n) is 1.34. The lowest BCUT2D eigenvalue weighted by molar-refractivity contribution is -0.115. The van der Waals surface area contributed by atoms with Gasteiger partial charge in [0.25, 0.3) is 0 Å². The highest BCUT2D eigenvalue weighted by Crippen LogP contribution is 2.21. The van der Waals surface area contributed by atoms with Gasteiger partial charge in [-0.2, -0.15) is 13.2 Å². The molecule has 0 aliphatic carbocycles. The molecule has 0 unspecified atom stereocenters. The zero-order chi connectivity index (χ0) is 10.8. The SMILES string of the molecule is Nc1cc(Br)cnc1NCC(F)(F)F. The predicted molar refractivity (Wildman–Crippen MR) is 50.9 cm³/mol. The molecule has 0 amide bonds. The van der Waals surface area contributed by atoms with E-state index < -0.39 is 12.7 Å². The van der Waals surface area contributed by atoms with Gasteiger partial charge in [0.15, 0.2) is 0 Å². The summed E-state index contributed by atoms with van der Waals surface area (Å²) in [5, 5.41) is 2.10. The third kappa shape index (κ3) is 3.41. The van der Waals surface area contributed by atoms with Crippen LogP contribution in [-0.2, 0) is 0 Å². The van der Waals surface area contributed by atoms with Crippen LogP contribution in [0.3, 0.4) is 0 Å². The molecule has 3 N–H and O–H groups in total. The maximum atomic E-state index is 11.8. The van der Waals surface area contributed by atoms with Gasteiger partial charge in [0, 0.05) is 10.7 Å². The first-order valence-electron chi connectivity index (χ1n) is 3.60. The van der Waals surface area contributed by atoms with Crippen LogP contribution in [0, 0.1) is 0 Å². The number of nitrogens with zero attached hydrogens (tertiary/aromatic N) is 1. The first-order valence-corrected chi connectivity index (χ1v) is 4.39. The van der Waals surface area contributed by atoms with Gasteiger partial charge in [-0.25, -0.2) is 4.98 Å². The lowest BCUT2D eigenvalue weighted by Crippen LogP contribution is -2.22. The zero-order valence-corrected chi connectivity index (χ0v) is 8.48. The Morgan fingerprint density at radius 2 is 2.14 bits per heavy atom. The Kier molecular flexibility index (Phi) is 3.20. The number of nitrogen functional groups attached to an aromatic ring is 1. The van der Waals surface area contributed by atoms with Crippen LogP contribution in [0.15, 0.2) is 16.7 Å². The van der Waals surface area contributed by atoms with Crippen molar-refractivity contribution in [2.45, 2.75) is 6.18 Å². The van der Waals surface area contributed by atoms with Crippen LogP contribution < -0.4 is 11.1 Å². The molecule has 0 radical (unpaired) electrons. The van der Waals surface area contributed by atoms with Gasteiger partial charge in [-0.1, -0.05) is 0 Å². The van der Waals surface area contributed by atoms with E-state index in [1.807, 2.05) is 0 Å². The first kappa shape index (κ1) is 11.1. The quantitative estimate of drug-likeness (QED) is 0.867. The fraction of sp³-hybridized carbons (Fsp3) is 0.286. The van der Waals surface area contributed by atoms with Gasteiger partial charge in [-0.05, 0) is 22.0 Å². The molecular weight excluding hydrogens is 263 g/mol. The van der Waals surface area contributed by atoms with E-state index >= 15 is 0 Å². The average Bonchev–Trinajstić information content (AvgIpc) is 2.00. The van der Waals surface area contributed by atoms with Crippen molar-refractivity contribution in [2.75, 3.05) is 17.6 Å². The van der Waals surface area contributed by atoms with Crippen molar-refractivity contribution in [3.63, 3.8) is 0 Å². The Labute approximate surface area is 86.6 Å². The fourth-order valence-corrected chi connectivity index (χ4v) is 1.14. The van der Waals surface area contributed by atoms with Crippen LogP contribution >= 0.6 is 15.9 Å². The second-order valence-electron chi connectivity index (χ2n) is 2.56. The summed E-state index contributed by atoms with van der Waals surface area (Å²) in [7, 11) is 0. The molecule has 0 bridgehead atoms. The summed E-state index contributed by atoms with van der Waals surface area (Å²) in [6, 6.07) is 1.48. The van der Waals surface area contributed by atoms with Crippen molar-refractivity contribution < 1.29 is 13.2 Å². The van der Waals surface area contributed by atoms with E-state index in [0.717, 1.165) is 0 Å². The van der Waals surface area contributed by atoms with Gasteiger partial charge < -0.3 is 11.1 Å². The molecule has 1 aromatic heterocycles. The highest BCUT2D eigenvalue weighted by Gasteiger charge is 2.27. The molecule has 14 heavy (non-hydrogen) atoms. The number of aromatic nitrogens is 1. The van der Waals surface area contributed by atoms with Crippen molar-refractivity contribution in [1.29, 1.82) is 0 Å². The van der Waals surface area contributed by atoms with E-state index in [1.54, 1.807) is 0 Å². The molecule has 1 heterocycles. The van der Waals surface area contributed by atoms with E-state index in [-0.39, 0.29) is 11.5 Å². The summed E-state index contributed by atoms with van der Waals surface area (Å²) in [5.74, 6) is 0.0329. The second-order valence-corrected chi connectivity index (χ2v) is 3.48. The molecular formula is C7H7BrF3N3. The minimum atomic E-state index is -4.28. The topological polar surface area (TPSA) is 50.9 Å². The van der Waals surface area contributed by atoms with Gasteiger partial charge in [-0.3, -0.25) is 0 Å². The first-order chi connectivity index (χ1) is 6.38. The molecule has 0 aromatic carbocycles. The van der Waals surface area contributed by atoms with E-state index in [9.17, 15) is 13.2 Å². The Morgan fingerprint density at radius 3 is 2.64 bits per heavy atom. The largest absolute Gasteiger partial charge is 0.405 e. The molecule has 0 aliphatic rings. The molecule has 0 spiro atoms. The van der Waals surface area contributed by atoms with Gasteiger partial charge in [0.05, 0.1) is 5.69 Å². The number of pyridine rings is 1. The van der Waals surface area contributed by atoms with Crippen LogP contribution in [0.4, 0.5) is 24.7 Å². The maximum absolute atomic E-state index is 11.8. The van der Waals surface area contributed by atoms with Crippen LogP contribution in [0.1, 0.15) is 0 Å². The summed E-state index contributed by atoms with van der Waals surface area (Å²) in [6.45, 7) is -1.15. The van der Waals surface area contributed by atoms with Crippen molar-refractivity contribution in [3.05, 3.63) is 16.7 Å². The fourth-order valence-electron chi connectivity index (χ4n) is 0.787. The zero-order valence-electron chi connectivity index (χ0n) is 6.90. The Morgan fingerprint density at radius 1 is 1.50 bits per heavy atom. The molecule has 0 saturated heterocycles. The molecule has 0 atom stereocenters. The minimum Gasteiger partial charge on any atom is -0.396 e.